The monoisotopic (exact) mass is 289 g/mol. The third-order valence-corrected chi connectivity index (χ3v) is 4.08. The lowest BCUT2D eigenvalue weighted by Gasteiger charge is -2.32. The van der Waals surface area contributed by atoms with Crippen LogP contribution in [-0.2, 0) is 16.0 Å². The van der Waals surface area contributed by atoms with Gasteiger partial charge in [-0.15, -0.1) is 0 Å². The van der Waals surface area contributed by atoms with Gasteiger partial charge in [-0.2, -0.15) is 0 Å². The third-order valence-electron chi connectivity index (χ3n) is 4.08. The number of carbonyl (C=O) groups is 2. The molecule has 1 aliphatic rings. The van der Waals surface area contributed by atoms with Crippen molar-refractivity contribution >= 4 is 11.9 Å². The van der Waals surface area contributed by atoms with E-state index in [9.17, 15) is 9.59 Å². The summed E-state index contributed by atoms with van der Waals surface area (Å²) in [4.78, 5) is 24.9. The molecule has 0 spiro atoms. The van der Waals surface area contributed by atoms with Crippen LogP contribution in [0.1, 0.15) is 36.8 Å². The van der Waals surface area contributed by atoms with E-state index in [1.165, 1.54) is 5.56 Å². The molecule has 114 valence electrons. The van der Waals surface area contributed by atoms with Gasteiger partial charge < -0.3 is 10.0 Å². The molecule has 21 heavy (non-hydrogen) atoms. The second kappa shape index (κ2) is 7.25. The molecule has 0 bridgehead atoms. The van der Waals surface area contributed by atoms with Crippen LogP contribution in [0.5, 0.6) is 0 Å². The minimum absolute atomic E-state index is 0.153. The Morgan fingerprint density at radius 2 is 2.19 bits per heavy atom. The topological polar surface area (TPSA) is 57.6 Å². The van der Waals surface area contributed by atoms with Crippen LogP contribution in [0.4, 0.5) is 0 Å². The predicted molar refractivity (Wildman–Crippen MR) is 81.1 cm³/mol. The number of amides is 1. The molecule has 0 unspecified atom stereocenters. The molecule has 0 saturated carbocycles. The summed E-state index contributed by atoms with van der Waals surface area (Å²) in [7, 11) is 0. The summed E-state index contributed by atoms with van der Waals surface area (Å²) in [6, 6.07) is 8.03. The quantitative estimate of drug-likeness (QED) is 0.906. The molecule has 1 aliphatic heterocycles. The Morgan fingerprint density at radius 1 is 1.38 bits per heavy atom. The van der Waals surface area contributed by atoms with E-state index in [0.29, 0.717) is 25.3 Å². The Kier molecular flexibility index (Phi) is 5.37. The van der Waals surface area contributed by atoms with Crippen molar-refractivity contribution in [3.05, 3.63) is 35.4 Å². The number of carboxylic acids is 1. The Bertz CT molecular complexity index is 513. The number of carbonyl (C=O) groups excluding carboxylic acids is 1. The number of carboxylic acid groups (broad SMARTS) is 1. The summed E-state index contributed by atoms with van der Waals surface area (Å²) < 4.78 is 0. The van der Waals surface area contributed by atoms with E-state index in [2.05, 4.69) is 0 Å². The molecule has 1 fully saturated rings. The largest absolute Gasteiger partial charge is 0.481 e. The first-order chi connectivity index (χ1) is 10.0. The van der Waals surface area contributed by atoms with E-state index < -0.39 is 5.97 Å². The van der Waals surface area contributed by atoms with Gasteiger partial charge in [0, 0.05) is 19.5 Å². The molecule has 2 rings (SSSR count). The van der Waals surface area contributed by atoms with Gasteiger partial charge in [0.2, 0.25) is 5.91 Å². The first kappa shape index (κ1) is 15.5. The number of hydrogen-bond acceptors (Lipinski definition) is 2. The standard InChI is InChI=1S/C17H23NO3/c1-13-4-2-5-15(10-13)11-16(19)18-9-3-6-14(12-18)7-8-17(20)21/h2,4-5,10,14H,3,6-9,11-12H2,1H3,(H,20,21)/t14-/m1/s1. The number of benzene rings is 1. The zero-order valence-corrected chi connectivity index (χ0v) is 12.5. The SMILES string of the molecule is Cc1cccc(CC(=O)N2CCC[C@H](CCC(=O)O)C2)c1. The zero-order chi connectivity index (χ0) is 15.2. The number of nitrogens with zero attached hydrogens (tertiary/aromatic N) is 1. The highest BCUT2D eigenvalue weighted by molar-refractivity contribution is 5.79. The van der Waals surface area contributed by atoms with Gasteiger partial charge in [-0.05, 0) is 37.7 Å². The molecule has 1 saturated heterocycles. The highest BCUT2D eigenvalue weighted by Gasteiger charge is 2.23. The van der Waals surface area contributed by atoms with Crippen molar-refractivity contribution in [3.63, 3.8) is 0 Å². The maximum atomic E-state index is 12.4. The number of rotatable bonds is 5. The van der Waals surface area contributed by atoms with Crippen LogP contribution in [0.25, 0.3) is 0 Å². The lowest BCUT2D eigenvalue weighted by molar-refractivity contribution is -0.137. The summed E-state index contributed by atoms with van der Waals surface area (Å²) in [5.41, 5.74) is 2.21. The van der Waals surface area contributed by atoms with E-state index in [0.717, 1.165) is 24.9 Å². The van der Waals surface area contributed by atoms with E-state index in [-0.39, 0.29) is 12.3 Å². The molecule has 4 heteroatoms. The van der Waals surface area contributed by atoms with Crippen LogP contribution in [0.2, 0.25) is 0 Å². The Balaban J connectivity index is 1.88. The summed E-state index contributed by atoms with van der Waals surface area (Å²) in [5, 5.41) is 8.76. The fourth-order valence-electron chi connectivity index (χ4n) is 2.96. The molecule has 0 aliphatic carbocycles. The number of aliphatic carboxylic acids is 1. The average Bonchev–Trinajstić information content (AvgIpc) is 2.45. The van der Waals surface area contributed by atoms with E-state index in [1.807, 2.05) is 36.1 Å². The molecule has 1 aromatic rings. The summed E-state index contributed by atoms with van der Waals surface area (Å²) >= 11 is 0. The average molecular weight is 289 g/mol. The minimum Gasteiger partial charge on any atom is -0.481 e. The molecule has 1 N–H and O–H groups in total. The highest BCUT2D eigenvalue weighted by Crippen LogP contribution is 2.21. The van der Waals surface area contributed by atoms with Gasteiger partial charge in [-0.25, -0.2) is 0 Å². The van der Waals surface area contributed by atoms with Crippen LogP contribution in [0.3, 0.4) is 0 Å². The Labute approximate surface area is 125 Å². The summed E-state index contributed by atoms with van der Waals surface area (Å²) in [6.45, 7) is 3.53. The summed E-state index contributed by atoms with van der Waals surface area (Å²) in [5.74, 6) is -0.268. The van der Waals surface area contributed by atoms with Gasteiger partial charge in [0.25, 0.3) is 0 Å². The van der Waals surface area contributed by atoms with Crippen LogP contribution < -0.4 is 0 Å². The van der Waals surface area contributed by atoms with E-state index in [4.69, 9.17) is 5.11 Å². The first-order valence-electron chi connectivity index (χ1n) is 7.59. The smallest absolute Gasteiger partial charge is 0.303 e. The van der Waals surface area contributed by atoms with E-state index >= 15 is 0 Å². The fourth-order valence-corrected chi connectivity index (χ4v) is 2.96. The van der Waals surface area contributed by atoms with Crippen LogP contribution >= 0.6 is 0 Å². The van der Waals surface area contributed by atoms with Gasteiger partial charge in [0.05, 0.1) is 6.42 Å². The van der Waals surface area contributed by atoms with Crippen molar-refractivity contribution in [2.24, 2.45) is 5.92 Å². The first-order valence-corrected chi connectivity index (χ1v) is 7.59. The molecule has 0 radical (unpaired) electrons. The number of piperidine rings is 1. The van der Waals surface area contributed by atoms with Crippen molar-refractivity contribution in [1.29, 1.82) is 0 Å². The zero-order valence-electron chi connectivity index (χ0n) is 12.5. The second-order valence-electron chi connectivity index (χ2n) is 5.95. The van der Waals surface area contributed by atoms with E-state index in [1.54, 1.807) is 0 Å². The molecule has 4 nitrogen and oxygen atoms in total. The van der Waals surface area contributed by atoms with Gasteiger partial charge >= 0.3 is 5.97 Å². The van der Waals surface area contributed by atoms with Gasteiger partial charge in [0.1, 0.15) is 0 Å². The maximum Gasteiger partial charge on any atom is 0.303 e. The lowest BCUT2D eigenvalue weighted by Crippen LogP contribution is -2.40. The Hall–Kier alpha value is -1.84. The molecule has 1 heterocycles. The fraction of sp³-hybridized carbons (Fsp3) is 0.529. The molecule has 1 aromatic carbocycles. The van der Waals surface area contributed by atoms with Gasteiger partial charge in [-0.3, -0.25) is 9.59 Å². The van der Waals surface area contributed by atoms with Crippen LogP contribution in [-0.4, -0.2) is 35.0 Å². The predicted octanol–water partition coefficient (Wildman–Crippen LogP) is 2.64. The normalized spacial score (nSPS) is 18.5. The maximum absolute atomic E-state index is 12.4. The van der Waals surface area contributed by atoms with Crippen molar-refractivity contribution in [2.45, 2.75) is 39.0 Å². The second-order valence-corrected chi connectivity index (χ2v) is 5.95. The Morgan fingerprint density at radius 3 is 2.90 bits per heavy atom. The molecule has 0 aromatic heterocycles. The number of hydrogen-bond donors (Lipinski definition) is 1. The minimum atomic E-state index is -0.752. The van der Waals surface area contributed by atoms with Crippen LogP contribution in [0.15, 0.2) is 24.3 Å². The number of aryl methyl sites for hydroxylation is 1. The molecule has 1 atom stereocenters. The van der Waals surface area contributed by atoms with Crippen molar-refractivity contribution in [2.75, 3.05) is 13.1 Å². The summed E-state index contributed by atoms with van der Waals surface area (Å²) in [6.07, 6.45) is 3.31. The van der Waals surface area contributed by atoms with Crippen molar-refractivity contribution in [1.82, 2.24) is 4.90 Å². The molecular formula is C17H23NO3. The van der Waals surface area contributed by atoms with Crippen molar-refractivity contribution in [3.8, 4) is 0 Å². The van der Waals surface area contributed by atoms with Crippen LogP contribution in [0, 0.1) is 12.8 Å². The highest BCUT2D eigenvalue weighted by atomic mass is 16.4. The number of likely N-dealkylation sites (tertiary alicyclic amines) is 1. The molecular weight excluding hydrogens is 266 g/mol. The molecule has 1 amide bonds. The lowest BCUT2D eigenvalue weighted by atomic mass is 9.93. The van der Waals surface area contributed by atoms with Gasteiger partial charge in [-0.1, -0.05) is 29.8 Å². The third kappa shape index (κ3) is 4.88. The van der Waals surface area contributed by atoms with Crippen molar-refractivity contribution < 1.29 is 14.7 Å². The van der Waals surface area contributed by atoms with Gasteiger partial charge in [0.15, 0.2) is 0 Å².